The fourth-order valence-corrected chi connectivity index (χ4v) is 3.47. The predicted octanol–water partition coefficient (Wildman–Crippen LogP) is 3.50. The highest BCUT2D eigenvalue weighted by molar-refractivity contribution is 5.90. The Morgan fingerprint density at radius 2 is 2.14 bits per heavy atom. The van der Waals surface area contributed by atoms with Gasteiger partial charge in [-0.3, -0.25) is 4.79 Å². The van der Waals surface area contributed by atoms with Crippen molar-refractivity contribution in [1.29, 1.82) is 0 Å². The van der Waals surface area contributed by atoms with Gasteiger partial charge in [0.1, 0.15) is 5.75 Å². The standard InChI is InChI=1S/C18H24N2O2/c1-4-12(5-2)18(21)20-10-9-15-14(11-20)13-7-6-8-16(22-3)17(13)19-15/h6-8,12,19H,4-5,9-11H2,1-3H3. The van der Waals surface area contributed by atoms with Gasteiger partial charge < -0.3 is 14.6 Å². The molecule has 1 aliphatic heterocycles. The fraction of sp³-hybridized carbons (Fsp3) is 0.500. The molecule has 0 atom stereocenters. The van der Waals surface area contributed by atoms with E-state index < -0.39 is 0 Å². The van der Waals surface area contributed by atoms with Gasteiger partial charge in [-0.25, -0.2) is 0 Å². The number of rotatable bonds is 4. The molecule has 0 fully saturated rings. The number of ether oxygens (including phenoxy) is 1. The number of aromatic nitrogens is 1. The number of H-pyrrole nitrogens is 1. The lowest BCUT2D eigenvalue weighted by atomic mass is 9.98. The van der Waals surface area contributed by atoms with Crippen molar-refractivity contribution in [2.75, 3.05) is 13.7 Å². The van der Waals surface area contributed by atoms with E-state index in [-0.39, 0.29) is 5.92 Å². The van der Waals surface area contributed by atoms with E-state index in [2.05, 4.69) is 24.9 Å². The van der Waals surface area contributed by atoms with Gasteiger partial charge in [0.05, 0.1) is 12.6 Å². The number of aromatic amines is 1. The molecule has 1 aliphatic rings. The molecule has 0 saturated heterocycles. The lowest BCUT2D eigenvalue weighted by Gasteiger charge is -2.30. The smallest absolute Gasteiger partial charge is 0.225 e. The molecule has 1 N–H and O–H groups in total. The third-order valence-corrected chi connectivity index (χ3v) is 4.84. The lowest BCUT2D eigenvalue weighted by Crippen LogP contribution is -2.39. The third-order valence-electron chi connectivity index (χ3n) is 4.84. The number of methoxy groups -OCH3 is 1. The van der Waals surface area contributed by atoms with E-state index in [0.29, 0.717) is 12.5 Å². The topological polar surface area (TPSA) is 45.3 Å². The molecule has 22 heavy (non-hydrogen) atoms. The summed E-state index contributed by atoms with van der Waals surface area (Å²) in [6.45, 7) is 5.70. The first-order chi connectivity index (χ1) is 10.7. The summed E-state index contributed by atoms with van der Waals surface area (Å²) in [5.41, 5.74) is 3.54. The van der Waals surface area contributed by atoms with Crippen LogP contribution in [0, 0.1) is 5.92 Å². The first kappa shape index (κ1) is 14.9. The molecule has 0 saturated carbocycles. The SMILES string of the molecule is CCC(CC)C(=O)N1CCc2[nH]c3c(OC)cccc3c2C1. The van der Waals surface area contributed by atoms with Crippen LogP contribution in [0.3, 0.4) is 0 Å². The van der Waals surface area contributed by atoms with E-state index in [0.717, 1.165) is 37.1 Å². The number of hydrogen-bond donors (Lipinski definition) is 1. The minimum absolute atomic E-state index is 0.154. The number of fused-ring (bicyclic) bond motifs is 3. The predicted molar refractivity (Wildman–Crippen MR) is 88.0 cm³/mol. The van der Waals surface area contributed by atoms with Gasteiger partial charge >= 0.3 is 0 Å². The summed E-state index contributed by atoms with van der Waals surface area (Å²) in [6.07, 6.45) is 2.72. The van der Waals surface area contributed by atoms with Crippen LogP contribution in [0.1, 0.15) is 37.9 Å². The van der Waals surface area contributed by atoms with Crippen LogP contribution in [-0.2, 0) is 17.8 Å². The molecule has 4 heteroatoms. The van der Waals surface area contributed by atoms with Crippen molar-refractivity contribution >= 4 is 16.8 Å². The van der Waals surface area contributed by atoms with Crippen LogP contribution in [0.15, 0.2) is 18.2 Å². The second kappa shape index (κ2) is 6.03. The van der Waals surface area contributed by atoms with Gasteiger partial charge in [-0.2, -0.15) is 0 Å². The highest BCUT2D eigenvalue weighted by Crippen LogP contribution is 2.33. The lowest BCUT2D eigenvalue weighted by molar-refractivity contribution is -0.136. The van der Waals surface area contributed by atoms with Crippen LogP contribution in [-0.4, -0.2) is 29.4 Å². The summed E-state index contributed by atoms with van der Waals surface area (Å²) in [5.74, 6) is 1.32. The number of amides is 1. The normalized spacial score (nSPS) is 14.5. The molecule has 0 radical (unpaired) electrons. The summed E-state index contributed by atoms with van der Waals surface area (Å²) in [7, 11) is 1.69. The van der Waals surface area contributed by atoms with E-state index in [1.165, 1.54) is 16.6 Å². The van der Waals surface area contributed by atoms with Gasteiger partial charge in [0.2, 0.25) is 5.91 Å². The van der Waals surface area contributed by atoms with Gasteiger partial charge in [-0.05, 0) is 18.9 Å². The summed E-state index contributed by atoms with van der Waals surface area (Å²) < 4.78 is 5.44. The van der Waals surface area contributed by atoms with Crippen LogP contribution in [0.5, 0.6) is 5.75 Å². The first-order valence-electron chi connectivity index (χ1n) is 8.14. The molecule has 1 amide bonds. The first-order valence-corrected chi connectivity index (χ1v) is 8.14. The Morgan fingerprint density at radius 3 is 2.82 bits per heavy atom. The van der Waals surface area contributed by atoms with Gasteiger partial charge in [-0.1, -0.05) is 26.0 Å². The number of carbonyl (C=O) groups is 1. The van der Waals surface area contributed by atoms with Crippen molar-refractivity contribution in [2.45, 2.75) is 39.7 Å². The molecule has 0 unspecified atom stereocenters. The zero-order valence-electron chi connectivity index (χ0n) is 13.6. The van der Waals surface area contributed by atoms with E-state index in [1.54, 1.807) is 7.11 Å². The second-order valence-corrected chi connectivity index (χ2v) is 5.99. The fourth-order valence-electron chi connectivity index (χ4n) is 3.47. The largest absolute Gasteiger partial charge is 0.495 e. The molecule has 2 heterocycles. The Balaban J connectivity index is 1.94. The van der Waals surface area contributed by atoms with Crippen LogP contribution in [0.2, 0.25) is 0 Å². The highest BCUT2D eigenvalue weighted by Gasteiger charge is 2.27. The number of nitrogens with one attached hydrogen (secondary N) is 1. The van der Waals surface area contributed by atoms with Crippen molar-refractivity contribution in [1.82, 2.24) is 9.88 Å². The van der Waals surface area contributed by atoms with Crippen molar-refractivity contribution in [3.8, 4) is 5.75 Å². The van der Waals surface area contributed by atoms with Crippen molar-refractivity contribution in [3.05, 3.63) is 29.5 Å². The Hall–Kier alpha value is -1.97. The molecule has 0 aliphatic carbocycles. The molecule has 1 aromatic carbocycles. The van der Waals surface area contributed by atoms with Gasteiger partial charge in [-0.15, -0.1) is 0 Å². The molecule has 0 bridgehead atoms. The van der Waals surface area contributed by atoms with E-state index >= 15 is 0 Å². The molecule has 118 valence electrons. The number of nitrogens with zero attached hydrogens (tertiary/aromatic N) is 1. The van der Waals surface area contributed by atoms with Crippen molar-refractivity contribution in [3.63, 3.8) is 0 Å². The monoisotopic (exact) mass is 300 g/mol. The molecule has 1 aromatic heterocycles. The molecule has 2 aromatic rings. The van der Waals surface area contributed by atoms with E-state index in [4.69, 9.17) is 4.74 Å². The maximum absolute atomic E-state index is 12.6. The summed E-state index contributed by atoms with van der Waals surface area (Å²) in [5, 5.41) is 1.18. The molecule has 4 nitrogen and oxygen atoms in total. The highest BCUT2D eigenvalue weighted by atomic mass is 16.5. The minimum Gasteiger partial charge on any atom is -0.495 e. The van der Waals surface area contributed by atoms with Gasteiger partial charge in [0.25, 0.3) is 0 Å². The minimum atomic E-state index is 0.154. The zero-order valence-corrected chi connectivity index (χ0v) is 13.6. The average molecular weight is 300 g/mol. The summed E-state index contributed by atoms with van der Waals surface area (Å²) in [4.78, 5) is 18.2. The van der Waals surface area contributed by atoms with Crippen LogP contribution < -0.4 is 4.74 Å². The van der Waals surface area contributed by atoms with Crippen LogP contribution in [0.4, 0.5) is 0 Å². The van der Waals surface area contributed by atoms with Gasteiger partial charge in [0, 0.05) is 42.1 Å². The quantitative estimate of drug-likeness (QED) is 0.939. The Bertz CT molecular complexity index is 686. The van der Waals surface area contributed by atoms with Gasteiger partial charge in [0.15, 0.2) is 0 Å². The maximum atomic E-state index is 12.6. The van der Waals surface area contributed by atoms with E-state index in [9.17, 15) is 4.79 Å². The summed E-state index contributed by atoms with van der Waals surface area (Å²) >= 11 is 0. The molecular weight excluding hydrogens is 276 g/mol. The Kier molecular flexibility index (Phi) is 4.10. The third kappa shape index (κ3) is 2.36. The summed E-state index contributed by atoms with van der Waals surface area (Å²) in [6, 6.07) is 6.09. The van der Waals surface area contributed by atoms with Crippen LogP contribution >= 0.6 is 0 Å². The van der Waals surface area contributed by atoms with E-state index in [1.807, 2.05) is 17.0 Å². The Morgan fingerprint density at radius 1 is 1.36 bits per heavy atom. The van der Waals surface area contributed by atoms with Crippen molar-refractivity contribution in [2.24, 2.45) is 5.92 Å². The number of para-hydroxylation sites is 1. The van der Waals surface area contributed by atoms with Crippen LogP contribution in [0.25, 0.3) is 10.9 Å². The average Bonchev–Trinajstić information content (AvgIpc) is 2.93. The second-order valence-electron chi connectivity index (χ2n) is 5.99. The molecule has 3 rings (SSSR count). The number of benzene rings is 1. The maximum Gasteiger partial charge on any atom is 0.225 e. The van der Waals surface area contributed by atoms with Crippen molar-refractivity contribution < 1.29 is 9.53 Å². The Labute approximate surface area is 131 Å². The molecular formula is C18H24N2O2. The number of carbonyl (C=O) groups excluding carboxylic acids is 1. The zero-order chi connectivity index (χ0) is 15.7. The number of hydrogen-bond acceptors (Lipinski definition) is 2. The molecule has 0 spiro atoms.